The van der Waals surface area contributed by atoms with E-state index in [2.05, 4.69) is 13.8 Å². The summed E-state index contributed by atoms with van der Waals surface area (Å²) in [7, 11) is -1.03. The normalized spacial score (nSPS) is 11.4. The first kappa shape index (κ1) is 35.9. The van der Waals surface area contributed by atoms with Crippen LogP contribution < -0.4 is 0 Å². The average Bonchev–Trinajstić information content (AvgIpc) is 2.88. The van der Waals surface area contributed by atoms with Gasteiger partial charge in [-0.1, -0.05) is 181 Å². The van der Waals surface area contributed by atoms with Crippen molar-refractivity contribution in [1.82, 2.24) is 0 Å². The van der Waals surface area contributed by atoms with Crippen molar-refractivity contribution in [3.63, 3.8) is 0 Å². The molecule has 0 spiro atoms. The third-order valence-corrected chi connectivity index (χ3v) is 7.52. The minimum atomic E-state index is -1.03. The first-order valence-corrected chi connectivity index (χ1v) is 16.7. The summed E-state index contributed by atoms with van der Waals surface area (Å²) in [4.78, 5) is 0. The average molecular weight is 511 g/mol. The van der Waals surface area contributed by atoms with E-state index < -0.39 is 7.32 Å². The minimum absolute atomic E-state index is 0.609. The molecule has 0 aromatic carbocycles. The summed E-state index contributed by atoms with van der Waals surface area (Å²) in [6.07, 6.45) is 38.0. The quantitative estimate of drug-likeness (QED) is 0.0722. The molecule has 0 saturated carbocycles. The highest BCUT2D eigenvalue weighted by atomic mass is 16.7. The summed E-state index contributed by atoms with van der Waals surface area (Å²) < 4.78 is 10.8. The lowest BCUT2D eigenvalue weighted by Gasteiger charge is -2.09. The van der Waals surface area contributed by atoms with Crippen molar-refractivity contribution in [1.29, 1.82) is 0 Å². The monoisotopic (exact) mass is 511 g/mol. The summed E-state index contributed by atoms with van der Waals surface area (Å²) in [5.74, 6) is 0. The number of hydrogen-bond acceptors (Lipinski definition) is 3. The van der Waals surface area contributed by atoms with Crippen LogP contribution >= 0.6 is 0 Å². The summed E-state index contributed by atoms with van der Waals surface area (Å²) in [6, 6.07) is 0. The fourth-order valence-electron chi connectivity index (χ4n) is 5.01. The van der Waals surface area contributed by atoms with E-state index in [0.717, 1.165) is 12.8 Å². The van der Waals surface area contributed by atoms with Crippen LogP contribution in [0.25, 0.3) is 0 Å². The van der Waals surface area contributed by atoms with E-state index in [0.29, 0.717) is 13.2 Å². The molecule has 3 nitrogen and oxygen atoms in total. The zero-order valence-corrected chi connectivity index (χ0v) is 25.1. The van der Waals surface area contributed by atoms with E-state index >= 15 is 0 Å². The molecule has 0 unspecified atom stereocenters. The molecule has 0 aromatic rings. The molecule has 0 aliphatic carbocycles. The van der Waals surface area contributed by atoms with Crippen LogP contribution in [0.1, 0.15) is 194 Å². The van der Waals surface area contributed by atoms with Gasteiger partial charge in [0.05, 0.1) is 0 Å². The molecular weight excluding hydrogens is 443 g/mol. The van der Waals surface area contributed by atoms with Gasteiger partial charge in [0.25, 0.3) is 0 Å². The van der Waals surface area contributed by atoms with Crippen molar-refractivity contribution in [3.8, 4) is 0 Å². The SMILES string of the molecule is CCCCCCCCCCCCCCCCOB(O)OCCCCCCCCCCCCCCCC. The second-order valence-electron chi connectivity index (χ2n) is 11.2. The second-order valence-corrected chi connectivity index (χ2v) is 11.2. The highest BCUT2D eigenvalue weighted by Crippen LogP contribution is 2.14. The molecule has 0 heterocycles. The van der Waals surface area contributed by atoms with Gasteiger partial charge in [-0.25, -0.2) is 0 Å². The highest BCUT2D eigenvalue weighted by Gasteiger charge is 2.14. The Morgan fingerprint density at radius 2 is 0.528 bits per heavy atom. The first-order chi connectivity index (χ1) is 17.8. The number of rotatable bonds is 32. The highest BCUT2D eigenvalue weighted by molar-refractivity contribution is 6.34. The van der Waals surface area contributed by atoms with Gasteiger partial charge < -0.3 is 14.3 Å². The van der Waals surface area contributed by atoms with Gasteiger partial charge in [0.2, 0.25) is 0 Å². The largest absolute Gasteiger partial charge is 0.636 e. The Morgan fingerprint density at radius 3 is 0.750 bits per heavy atom. The van der Waals surface area contributed by atoms with Gasteiger partial charge >= 0.3 is 7.32 Å². The molecule has 0 saturated heterocycles. The van der Waals surface area contributed by atoms with E-state index in [1.54, 1.807) is 0 Å². The van der Waals surface area contributed by atoms with Crippen molar-refractivity contribution in [2.75, 3.05) is 13.2 Å². The maximum absolute atomic E-state index is 9.81. The van der Waals surface area contributed by atoms with Crippen LogP contribution in [0.5, 0.6) is 0 Å². The minimum Gasteiger partial charge on any atom is -0.402 e. The summed E-state index contributed by atoms with van der Waals surface area (Å²) in [5.41, 5.74) is 0. The van der Waals surface area contributed by atoms with Gasteiger partial charge in [-0.3, -0.25) is 0 Å². The van der Waals surface area contributed by atoms with Crippen molar-refractivity contribution < 1.29 is 14.3 Å². The molecule has 0 amide bonds. The Hall–Kier alpha value is -0.0551. The Kier molecular flexibility index (Phi) is 32.9. The van der Waals surface area contributed by atoms with Crippen LogP contribution in [0.4, 0.5) is 0 Å². The van der Waals surface area contributed by atoms with Crippen molar-refractivity contribution >= 4 is 7.32 Å². The smallest absolute Gasteiger partial charge is 0.402 e. The third-order valence-electron chi connectivity index (χ3n) is 7.52. The van der Waals surface area contributed by atoms with Crippen molar-refractivity contribution in [2.45, 2.75) is 194 Å². The maximum Gasteiger partial charge on any atom is 0.636 e. The lowest BCUT2D eigenvalue weighted by atomic mass is 10.0. The zero-order chi connectivity index (χ0) is 26.2. The molecule has 0 radical (unpaired) electrons. The fourth-order valence-corrected chi connectivity index (χ4v) is 5.01. The maximum atomic E-state index is 9.81. The second kappa shape index (κ2) is 33.0. The van der Waals surface area contributed by atoms with Crippen LogP contribution in [-0.2, 0) is 9.31 Å². The molecule has 36 heavy (non-hydrogen) atoms. The molecule has 0 aliphatic heterocycles. The third kappa shape index (κ3) is 32.0. The van der Waals surface area contributed by atoms with E-state index in [1.165, 1.54) is 167 Å². The van der Waals surface area contributed by atoms with E-state index in [9.17, 15) is 5.02 Å². The Labute approximate surface area is 228 Å². The molecule has 0 fully saturated rings. The van der Waals surface area contributed by atoms with Gasteiger partial charge in [-0.05, 0) is 12.8 Å². The first-order valence-electron chi connectivity index (χ1n) is 16.7. The van der Waals surface area contributed by atoms with Crippen LogP contribution in [-0.4, -0.2) is 25.6 Å². The lowest BCUT2D eigenvalue weighted by Crippen LogP contribution is -2.23. The van der Waals surface area contributed by atoms with Crippen LogP contribution in [0.3, 0.4) is 0 Å². The molecule has 0 bridgehead atoms. The molecule has 4 heteroatoms. The fraction of sp³-hybridized carbons (Fsp3) is 1.00. The molecule has 1 N–H and O–H groups in total. The molecule has 0 aliphatic rings. The van der Waals surface area contributed by atoms with E-state index in [4.69, 9.17) is 9.31 Å². The Bertz CT molecular complexity index is 346. The Balaban J connectivity index is 3.13. The van der Waals surface area contributed by atoms with E-state index in [1.807, 2.05) is 0 Å². The summed E-state index contributed by atoms with van der Waals surface area (Å²) in [6.45, 7) is 5.79. The predicted molar refractivity (Wildman–Crippen MR) is 161 cm³/mol. The van der Waals surface area contributed by atoms with Crippen LogP contribution in [0.2, 0.25) is 0 Å². The van der Waals surface area contributed by atoms with E-state index in [-0.39, 0.29) is 0 Å². The Morgan fingerprint density at radius 1 is 0.333 bits per heavy atom. The van der Waals surface area contributed by atoms with Crippen molar-refractivity contribution in [3.05, 3.63) is 0 Å². The van der Waals surface area contributed by atoms with Gasteiger partial charge in [-0.15, -0.1) is 0 Å². The molecule has 0 aromatic heterocycles. The molecule has 216 valence electrons. The zero-order valence-electron chi connectivity index (χ0n) is 25.1. The predicted octanol–water partition coefficient (Wildman–Crippen LogP) is 11.0. The lowest BCUT2D eigenvalue weighted by molar-refractivity contribution is 0.128. The van der Waals surface area contributed by atoms with Gasteiger partial charge in [0, 0.05) is 13.2 Å². The number of hydrogen-bond donors (Lipinski definition) is 1. The van der Waals surface area contributed by atoms with Gasteiger partial charge in [0.15, 0.2) is 0 Å². The molecule has 0 rings (SSSR count). The van der Waals surface area contributed by atoms with Crippen LogP contribution in [0, 0.1) is 0 Å². The van der Waals surface area contributed by atoms with Crippen LogP contribution in [0.15, 0.2) is 0 Å². The van der Waals surface area contributed by atoms with Gasteiger partial charge in [0.1, 0.15) is 0 Å². The summed E-state index contributed by atoms with van der Waals surface area (Å²) in [5, 5.41) is 9.81. The number of unbranched alkanes of at least 4 members (excludes halogenated alkanes) is 26. The summed E-state index contributed by atoms with van der Waals surface area (Å²) >= 11 is 0. The standard InChI is InChI=1S/C32H67BO3/c1-3-5-7-9-11-13-15-17-19-21-23-25-27-29-31-35-33(34)36-32-30-28-26-24-22-20-18-16-14-12-10-8-6-4-2/h34H,3-32H2,1-2H3. The molecule has 0 atom stereocenters. The topological polar surface area (TPSA) is 38.7 Å². The molecular formula is C32H67BO3. The van der Waals surface area contributed by atoms with Crippen molar-refractivity contribution in [2.24, 2.45) is 0 Å². The van der Waals surface area contributed by atoms with Gasteiger partial charge in [-0.2, -0.15) is 0 Å².